The van der Waals surface area contributed by atoms with Crippen LogP contribution < -0.4 is 15.7 Å². The number of carboxylic acids is 8. The van der Waals surface area contributed by atoms with Crippen LogP contribution >= 0.6 is 12.4 Å². The molecule has 4 amide bonds. The molecule has 0 unspecified atom stereocenters. The van der Waals surface area contributed by atoms with E-state index in [4.69, 9.17) is 19.5 Å². The molecule has 3 atom stereocenters. The van der Waals surface area contributed by atoms with Crippen molar-refractivity contribution >= 4 is 104 Å². The Labute approximate surface area is 444 Å². The monoisotopic (exact) mass is 1170 g/mol. The number of imidazole rings is 2. The Hall–Kier alpha value is -8.23. The van der Waals surface area contributed by atoms with Crippen molar-refractivity contribution in [2.45, 2.75) is 89.3 Å². The summed E-state index contributed by atoms with van der Waals surface area (Å²) in [4.78, 5) is 168. The first-order chi connectivity index (χ1) is 34.4. The maximum Gasteiger partial charge on any atom is 4.00 e. The van der Waals surface area contributed by atoms with Crippen LogP contribution in [0.15, 0.2) is 29.8 Å². The first-order valence-corrected chi connectivity index (χ1v) is 20.5. The number of rotatable bonds is 33. The van der Waals surface area contributed by atoms with Crippen molar-refractivity contribution in [2.24, 2.45) is 4.99 Å². The van der Waals surface area contributed by atoms with Gasteiger partial charge in [0.1, 0.15) is 69.0 Å². The molecule has 33 nitrogen and oxygen atoms in total. The minimum absolute atomic E-state index is 0. The van der Waals surface area contributed by atoms with E-state index in [1.807, 2.05) is 10.6 Å². The average molecular weight is 1180 g/mol. The van der Waals surface area contributed by atoms with E-state index in [1.54, 1.807) is 4.90 Å². The van der Waals surface area contributed by atoms with Gasteiger partial charge in [0.2, 0.25) is 11.8 Å². The van der Waals surface area contributed by atoms with Gasteiger partial charge in [-0.2, -0.15) is 0 Å². The van der Waals surface area contributed by atoms with Crippen molar-refractivity contribution in [2.75, 3.05) is 32.7 Å². The van der Waals surface area contributed by atoms with Gasteiger partial charge in [-0.15, -0.1) is 12.4 Å². The van der Waals surface area contributed by atoms with Crippen LogP contribution in [-0.2, 0) is 109 Å². The molecule has 0 saturated carbocycles. The molecule has 2 aromatic rings. The number of urea groups is 1. The Kier molecular flexibility index (Phi) is 39.4. The van der Waals surface area contributed by atoms with Crippen LogP contribution in [0.25, 0.3) is 0 Å². The van der Waals surface area contributed by atoms with Crippen LogP contribution in [-0.4, -0.2) is 217 Å². The van der Waals surface area contributed by atoms with E-state index in [1.165, 1.54) is 33.9 Å². The molecular weight excluding hydrogens is 1120 g/mol. The largest absolute Gasteiger partial charge is 4.00 e. The first kappa shape index (κ1) is 73.3. The maximum atomic E-state index is 13.0. The van der Waals surface area contributed by atoms with Crippen LogP contribution in [0.1, 0.15) is 56.6 Å². The predicted molar refractivity (Wildman–Crippen MR) is 243 cm³/mol. The topological polar surface area (TPSA) is 506 Å². The zero-order chi connectivity index (χ0) is 56.4. The van der Waals surface area contributed by atoms with E-state index < -0.39 is 155 Å². The number of carboxylic acid groups (broad SMARTS) is 8. The molecular formula is C40H53ClN10O23Tc. The number of aromatic nitrogens is 4. The SMILES string of the molecule is Cl.O=C(O)CC[C@H](NC(=O)N[C@@H](CCC([O-])=N[C@@H](CCCCN(Cc1nccn1CC(=O)N(CC(=O)O)CC(=O)O)Cc1nccn1CC(=O)N(CC(=O)O)CC(=O)O)C(=O)O)C(=O)O)C(=O)O.[CH-]=O.[CH-]=O.[CH-]=O.[Tc+4]. The number of hydrogen-bond donors (Lipinski definition) is 10. The fourth-order valence-corrected chi connectivity index (χ4v) is 6.06. The third-order valence-electron chi connectivity index (χ3n) is 9.24. The second-order valence-corrected chi connectivity index (χ2v) is 14.5. The summed E-state index contributed by atoms with van der Waals surface area (Å²) < 4.78 is 2.63. The summed E-state index contributed by atoms with van der Waals surface area (Å²) in [7, 11) is 0. The fourth-order valence-electron chi connectivity index (χ4n) is 6.06. The van der Waals surface area contributed by atoms with Gasteiger partial charge >= 0.3 is 73.9 Å². The average Bonchev–Trinajstić information content (AvgIpc) is 3.95. The maximum absolute atomic E-state index is 13.0. The first-order valence-electron chi connectivity index (χ1n) is 20.5. The van der Waals surface area contributed by atoms with Gasteiger partial charge in [-0.05, 0) is 51.0 Å². The number of halogens is 1. The third-order valence-corrected chi connectivity index (χ3v) is 9.24. The van der Waals surface area contributed by atoms with Gasteiger partial charge in [-0.3, -0.25) is 63.8 Å². The fraction of sp³-hybridized carbons (Fsp3) is 0.475. The second-order valence-electron chi connectivity index (χ2n) is 14.5. The molecule has 415 valence electrons. The molecule has 2 aromatic heterocycles. The Morgan fingerprint density at radius 1 is 0.573 bits per heavy atom. The molecule has 35 heteroatoms. The quantitative estimate of drug-likeness (QED) is 0.0107. The van der Waals surface area contributed by atoms with Crippen molar-refractivity contribution in [3.05, 3.63) is 36.4 Å². The Morgan fingerprint density at radius 3 is 1.28 bits per heavy atom. The summed E-state index contributed by atoms with van der Waals surface area (Å²) in [6.45, 7) is 4.89. The number of carbonyl (C=O) groups excluding carboxylic acids is 6. The van der Waals surface area contributed by atoms with E-state index in [2.05, 4.69) is 35.3 Å². The molecule has 1 radical (unpaired) electrons. The molecule has 0 fully saturated rings. The number of nitrogens with one attached hydrogen (secondary N) is 2. The van der Waals surface area contributed by atoms with E-state index in [9.17, 15) is 93.6 Å². The molecule has 2 heterocycles. The zero-order valence-electron chi connectivity index (χ0n) is 39.2. The number of aliphatic carboxylic acids is 8. The Morgan fingerprint density at radius 2 is 0.947 bits per heavy atom. The molecule has 75 heavy (non-hydrogen) atoms. The van der Waals surface area contributed by atoms with Crippen molar-refractivity contribution in [3.63, 3.8) is 0 Å². The number of carbonyl (C=O) groups is 11. The van der Waals surface area contributed by atoms with Crippen molar-refractivity contribution < 1.29 is 133 Å². The summed E-state index contributed by atoms with van der Waals surface area (Å²) in [5.74, 6) is -14.4. The number of unbranched alkanes of at least 4 members (excludes halogenated alkanes) is 1. The summed E-state index contributed by atoms with van der Waals surface area (Å²) in [5, 5.41) is 90.8. The minimum atomic E-state index is -1.77. The summed E-state index contributed by atoms with van der Waals surface area (Å²) in [6, 6.07) is -6.38. The van der Waals surface area contributed by atoms with Crippen LogP contribution in [0.4, 0.5) is 4.79 Å². The summed E-state index contributed by atoms with van der Waals surface area (Å²) in [5.41, 5.74) is 0. The smallest absolute Gasteiger partial charge is 0.862 e. The standard InChI is InChI=1S/C37H50N10O20.3CHO.ClH.Tc/c48-26(6-4-22(35(63)64)41-37(67)42-23(36(65)66)5-7-29(51)52)40-21(34(61)62)3-1-2-10-43(13-24-38-8-11-44(24)15-27(49)46(17-30(53)54)18-31(55)56)14-25-39-9-12-45(25)16-28(50)47(19-32(57)58)20-33(59)60;3*1-2;;/h8-9,11-12,21-23H,1-7,10,13-20H2,(H,40,48)(H,51,52)(H,53,54)(H,55,56)(H,57,58)(H,59,60)(H,61,62)(H,63,64)(H,65,66)(H2,41,42,67);3*1H;1H;/q;3*-1;;+4/p-1/t21-,22-,23-;;;;;/m0...../s1. The number of amides is 4. The third kappa shape index (κ3) is 31.1. The normalized spacial score (nSPS) is 11.4. The Bertz CT molecular complexity index is 2100. The van der Waals surface area contributed by atoms with Crippen molar-refractivity contribution in [1.29, 1.82) is 0 Å². The number of aliphatic imine (C=N–C) groups is 1. The van der Waals surface area contributed by atoms with Gasteiger partial charge in [0.15, 0.2) is 0 Å². The Balaban J connectivity index is -0.00000303. The molecule has 0 spiro atoms. The molecule has 0 bridgehead atoms. The van der Waals surface area contributed by atoms with Crippen LogP contribution in [0.2, 0.25) is 0 Å². The van der Waals surface area contributed by atoms with Gasteiger partial charge in [-0.25, -0.2) is 29.1 Å². The summed E-state index contributed by atoms with van der Waals surface area (Å²) >= 11 is 0. The van der Waals surface area contributed by atoms with E-state index in [0.29, 0.717) is 9.80 Å². The minimum Gasteiger partial charge on any atom is -0.862 e. The molecule has 10 N–H and O–H groups in total. The molecule has 2 rings (SSSR count). The van der Waals surface area contributed by atoms with Gasteiger partial charge in [0, 0.05) is 31.2 Å². The molecule has 0 aromatic carbocycles. The number of nitrogens with zero attached hydrogens (tertiary/aromatic N) is 8. The second kappa shape index (κ2) is 40.3. The molecule has 0 saturated heterocycles. The molecule has 0 aliphatic carbocycles. The number of hydrogen-bond acceptors (Lipinski definition) is 19. The van der Waals surface area contributed by atoms with Gasteiger partial charge in [-0.1, -0.05) is 0 Å². The van der Waals surface area contributed by atoms with Gasteiger partial charge in [0.05, 0.1) is 13.1 Å². The van der Waals surface area contributed by atoms with Gasteiger partial charge in [0.25, 0.3) is 0 Å². The zero-order valence-corrected chi connectivity index (χ0v) is 41.8. The van der Waals surface area contributed by atoms with E-state index in [-0.39, 0.29) is 83.1 Å². The predicted octanol–water partition coefficient (Wildman–Crippen LogP) is -4.09. The van der Waals surface area contributed by atoms with E-state index >= 15 is 0 Å². The van der Waals surface area contributed by atoms with E-state index in [0.717, 1.165) is 0 Å². The van der Waals surface area contributed by atoms with Crippen LogP contribution in [0.3, 0.4) is 0 Å². The van der Waals surface area contributed by atoms with Crippen LogP contribution in [0, 0.1) is 0 Å². The van der Waals surface area contributed by atoms with Gasteiger partial charge < -0.3 is 89.9 Å². The molecule has 0 aliphatic heterocycles. The van der Waals surface area contributed by atoms with Crippen LogP contribution in [0.5, 0.6) is 0 Å². The summed E-state index contributed by atoms with van der Waals surface area (Å²) in [6.07, 6.45) is 2.93. The van der Waals surface area contributed by atoms with Crippen molar-refractivity contribution in [3.8, 4) is 0 Å². The van der Waals surface area contributed by atoms with Crippen molar-refractivity contribution in [1.82, 2.24) is 44.4 Å². The molecule has 0 aliphatic rings.